The molecular weight excluding hydrogens is 266 g/mol. The molecule has 0 aliphatic carbocycles. The van der Waals surface area contributed by atoms with Crippen LogP contribution >= 0.6 is 0 Å². The minimum atomic E-state index is -3.57. The van der Waals surface area contributed by atoms with Crippen LogP contribution in [0, 0.1) is 0 Å². The lowest BCUT2D eigenvalue weighted by Crippen LogP contribution is -2.41. The van der Waals surface area contributed by atoms with E-state index in [1.165, 1.54) is 0 Å². The summed E-state index contributed by atoms with van der Waals surface area (Å²) in [4.78, 5) is 1.96. The average molecular weight is 285 g/mol. The van der Waals surface area contributed by atoms with Gasteiger partial charge >= 0.3 is 10.1 Å². The van der Waals surface area contributed by atoms with Crippen LogP contribution < -0.4 is 4.18 Å². The van der Waals surface area contributed by atoms with Gasteiger partial charge in [-0.1, -0.05) is 18.2 Å². The first-order chi connectivity index (χ1) is 9.05. The lowest BCUT2D eigenvalue weighted by molar-refractivity contribution is 0.0739. The molecule has 0 radical (unpaired) electrons. The van der Waals surface area contributed by atoms with E-state index in [0.717, 1.165) is 19.4 Å². The summed E-state index contributed by atoms with van der Waals surface area (Å²) in [6.07, 6.45) is 1.36. The van der Waals surface area contributed by atoms with Crippen molar-refractivity contribution in [1.29, 1.82) is 0 Å². The van der Waals surface area contributed by atoms with Crippen molar-refractivity contribution in [2.45, 2.75) is 18.9 Å². The van der Waals surface area contributed by atoms with Gasteiger partial charge in [-0.05, 0) is 31.5 Å². The van der Waals surface area contributed by atoms with Crippen LogP contribution in [-0.2, 0) is 10.1 Å². The molecule has 0 amide bonds. The van der Waals surface area contributed by atoms with Gasteiger partial charge in [0, 0.05) is 13.1 Å². The highest BCUT2D eigenvalue weighted by molar-refractivity contribution is 7.87. The Balaban J connectivity index is 1.84. The molecule has 1 atom stereocenters. The van der Waals surface area contributed by atoms with Gasteiger partial charge in [0.05, 0.1) is 11.9 Å². The fraction of sp³-hybridized carbons (Fsp3) is 0.538. The smallest absolute Gasteiger partial charge is 0.310 e. The average Bonchev–Trinajstić information content (AvgIpc) is 2.37. The maximum absolute atomic E-state index is 11.8. The molecule has 106 valence electrons. The summed E-state index contributed by atoms with van der Waals surface area (Å²) in [5.74, 6) is 0.274. The Morgan fingerprint density at radius 3 is 2.74 bits per heavy atom. The summed E-state index contributed by atoms with van der Waals surface area (Å²) in [6, 6.07) is 8.48. The molecule has 2 rings (SSSR count). The molecule has 19 heavy (non-hydrogen) atoms. The lowest BCUT2D eigenvalue weighted by atomic mass is 10.1. The Bertz CT molecular complexity index is 489. The zero-order chi connectivity index (χ0) is 13.7. The second-order valence-electron chi connectivity index (χ2n) is 4.75. The first-order valence-electron chi connectivity index (χ1n) is 6.43. The highest BCUT2D eigenvalue weighted by atomic mass is 32.2. The topological polar surface area (TPSA) is 66.8 Å². The first kappa shape index (κ1) is 14.3. The van der Waals surface area contributed by atoms with Gasteiger partial charge in [0.15, 0.2) is 0 Å². The molecule has 1 aliphatic rings. The van der Waals surface area contributed by atoms with Crippen LogP contribution in [-0.4, -0.2) is 49.9 Å². The number of nitrogens with zero attached hydrogens (tertiary/aromatic N) is 1. The van der Waals surface area contributed by atoms with Crippen LogP contribution in [0.4, 0.5) is 0 Å². The van der Waals surface area contributed by atoms with E-state index in [-0.39, 0.29) is 11.9 Å². The maximum atomic E-state index is 11.8. The Kier molecular flexibility index (Phi) is 4.79. The largest absolute Gasteiger partial charge is 0.392 e. The fourth-order valence-corrected chi connectivity index (χ4v) is 3.11. The van der Waals surface area contributed by atoms with Crippen LogP contribution in [0.25, 0.3) is 0 Å². The van der Waals surface area contributed by atoms with Gasteiger partial charge in [-0.15, -0.1) is 0 Å². The summed E-state index contributed by atoms with van der Waals surface area (Å²) >= 11 is 0. The molecule has 5 nitrogen and oxygen atoms in total. The predicted octanol–water partition coefficient (Wildman–Crippen LogP) is 0.852. The minimum Gasteiger partial charge on any atom is -0.392 e. The number of benzene rings is 1. The number of hydrogen-bond acceptors (Lipinski definition) is 5. The third-order valence-electron chi connectivity index (χ3n) is 3.10. The van der Waals surface area contributed by atoms with Gasteiger partial charge in [0.1, 0.15) is 5.75 Å². The van der Waals surface area contributed by atoms with E-state index in [9.17, 15) is 13.5 Å². The molecule has 1 aromatic carbocycles. The molecule has 1 aliphatic heterocycles. The highest BCUT2D eigenvalue weighted by Crippen LogP contribution is 2.13. The second kappa shape index (κ2) is 6.36. The molecule has 0 aromatic heterocycles. The number of piperidine rings is 1. The van der Waals surface area contributed by atoms with E-state index in [1.807, 2.05) is 4.90 Å². The van der Waals surface area contributed by atoms with E-state index >= 15 is 0 Å². The molecule has 1 heterocycles. The number of para-hydroxylation sites is 1. The minimum absolute atomic E-state index is 0.0609. The Hall–Kier alpha value is -1.11. The van der Waals surface area contributed by atoms with Crippen LogP contribution in [0.15, 0.2) is 30.3 Å². The zero-order valence-electron chi connectivity index (χ0n) is 10.7. The molecule has 6 heteroatoms. The number of rotatable bonds is 5. The Labute approximate surface area is 113 Å². The summed E-state index contributed by atoms with van der Waals surface area (Å²) in [7, 11) is -3.57. The zero-order valence-corrected chi connectivity index (χ0v) is 11.6. The van der Waals surface area contributed by atoms with Crippen molar-refractivity contribution in [2.75, 3.05) is 25.4 Å². The Morgan fingerprint density at radius 2 is 2.05 bits per heavy atom. The van der Waals surface area contributed by atoms with Crippen molar-refractivity contribution in [3.8, 4) is 5.75 Å². The van der Waals surface area contributed by atoms with Crippen molar-refractivity contribution in [2.24, 2.45) is 0 Å². The molecule has 0 bridgehead atoms. The van der Waals surface area contributed by atoms with Crippen molar-refractivity contribution in [3.05, 3.63) is 30.3 Å². The number of aliphatic hydroxyl groups is 1. The van der Waals surface area contributed by atoms with Crippen LogP contribution in [0.2, 0.25) is 0 Å². The summed E-state index contributed by atoms with van der Waals surface area (Å²) in [6.45, 7) is 1.77. The summed E-state index contributed by atoms with van der Waals surface area (Å²) < 4.78 is 28.6. The number of likely N-dealkylation sites (tertiary alicyclic amines) is 1. The number of aliphatic hydroxyl groups excluding tert-OH is 1. The molecule has 1 N–H and O–H groups in total. The first-order valence-corrected chi connectivity index (χ1v) is 8.00. The molecule has 0 unspecified atom stereocenters. The van der Waals surface area contributed by atoms with E-state index in [0.29, 0.717) is 18.8 Å². The molecular formula is C13H19NO4S. The third kappa shape index (κ3) is 4.81. The van der Waals surface area contributed by atoms with Crippen LogP contribution in [0.5, 0.6) is 5.75 Å². The fourth-order valence-electron chi connectivity index (χ4n) is 2.14. The normalized spacial score (nSPS) is 21.2. The van der Waals surface area contributed by atoms with E-state index in [2.05, 4.69) is 0 Å². The molecule has 0 saturated carbocycles. The van der Waals surface area contributed by atoms with Crippen LogP contribution in [0.3, 0.4) is 0 Å². The quantitative estimate of drug-likeness (QED) is 0.813. The highest BCUT2D eigenvalue weighted by Gasteiger charge is 2.20. The predicted molar refractivity (Wildman–Crippen MR) is 72.5 cm³/mol. The van der Waals surface area contributed by atoms with Gasteiger partial charge in [0.25, 0.3) is 0 Å². The van der Waals surface area contributed by atoms with Gasteiger partial charge in [-0.2, -0.15) is 8.42 Å². The van der Waals surface area contributed by atoms with Gasteiger partial charge in [0.2, 0.25) is 0 Å². The van der Waals surface area contributed by atoms with Crippen molar-refractivity contribution in [1.82, 2.24) is 4.90 Å². The number of β-amino-alcohol motifs (C(OH)–C–C–N with tert-alkyl or cyclic N) is 1. The summed E-state index contributed by atoms with van der Waals surface area (Å²) in [5.41, 5.74) is 0. The van der Waals surface area contributed by atoms with E-state index in [1.54, 1.807) is 30.3 Å². The van der Waals surface area contributed by atoms with Crippen molar-refractivity contribution < 1.29 is 17.7 Å². The molecule has 0 spiro atoms. The van der Waals surface area contributed by atoms with Crippen molar-refractivity contribution >= 4 is 10.1 Å². The summed E-state index contributed by atoms with van der Waals surface area (Å²) in [5, 5.41) is 9.52. The maximum Gasteiger partial charge on any atom is 0.310 e. The van der Waals surface area contributed by atoms with Gasteiger partial charge in [-0.3, -0.25) is 4.90 Å². The second-order valence-corrected chi connectivity index (χ2v) is 6.45. The standard InChI is InChI=1S/C13H19NO4S/c15-12-5-4-8-14(11-12)9-10-19(16,17)18-13-6-2-1-3-7-13/h1-3,6-7,12,15H,4-5,8-11H2/t12-/m0/s1. The number of hydrogen-bond donors (Lipinski definition) is 1. The lowest BCUT2D eigenvalue weighted by Gasteiger charge is -2.29. The van der Waals surface area contributed by atoms with E-state index < -0.39 is 10.1 Å². The molecule has 1 fully saturated rings. The SMILES string of the molecule is O=S(=O)(CCN1CCC[C@H](O)C1)Oc1ccccc1. The van der Waals surface area contributed by atoms with Crippen molar-refractivity contribution in [3.63, 3.8) is 0 Å². The van der Waals surface area contributed by atoms with E-state index in [4.69, 9.17) is 4.18 Å². The van der Waals surface area contributed by atoms with Crippen LogP contribution in [0.1, 0.15) is 12.8 Å². The molecule has 1 saturated heterocycles. The molecule has 1 aromatic rings. The van der Waals surface area contributed by atoms with Gasteiger partial charge < -0.3 is 9.29 Å². The van der Waals surface area contributed by atoms with Gasteiger partial charge in [-0.25, -0.2) is 0 Å². The monoisotopic (exact) mass is 285 g/mol. The Morgan fingerprint density at radius 1 is 1.32 bits per heavy atom. The third-order valence-corrected chi connectivity index (χ3v) is 4.23.